The molecule has 0 aromatic heterocycles. The van der Waals surface area contributed by atoms with Crippen LogP contribution >= 0.6 is 12.2 Å². The van der Waals surface area contributed by atoms with Crippen LogP contribution in [-0.4, -0.2) is 29.5 Å². The van der Waals surface area contributed by atoms with E-state index in [0.29, 0.717) is 10.4 Å². The number of nitrogens with zero attached hydrogens (tertiary/aromatic N) is 1. The van der Waals surface area contributed by atoms with Crippen LogP contribution in [0, 0.1) is 5.41 Å². The number of thiocarbonyl (C=S) groups is 1. The van der Waals surface area contributed by atoms with Gasteiger partial charge in [0, 0.05) is 13.0 Å². The molecule has 0 bridgehead atoms. The van der Waals surface area contributed by atoms with Crippen molar-refractivity contribution in [2.75, 3.05) is 19.6 Å². The first-order valence-electron chi connectivity index (χ1n) is 5.50. The molecular weight excluding hydrogens is 192 g/mol. The monoisotopic (exact) mass is 214 g/mol. The lowest BCUT2D eigenvalue weighted by molar-refractivity contribution is 0.268. The number of hydrogen-bond acceptors (Lipinski definition) is 2. The van der Waals surface area contributed by atoms with Gasteiger partial charge in [-0.25, -0.2) is 0 Å². The van der Waals surface area contributed by atoms with Gasteiger partial charge in [0.2, 0.25) is 0 Å². The minimum atomic E-state index is 0.526. The lowest BCUT2D eigenvalue weighted by Gasteiger charge is -2.23. The van der Waals surface area contributed by atoms with E-state index in [4.69, 9.17) is 18.0 Å². The summed E-state index contributed by atoms with van der Waals surface area (Å²) < 4.78 is 0. The van der Waals surface area contributed by atoms with E-state index in [2.05, 4.69) is 18.7 Å². The molecule has 1 aliphatic heterocycles. The highest BCUT2D eigenvalue weighted by atomic mass is 32.1. The maximum atomic E-state index is 5.51. The van der Waals surface area contributed by atoms with E-state index in [1.807, 2.05) is 0 Å². The summed E-state index contributed by atoms with van der Waals surface area (Å²) in [5, 5.41) is 0. The molecule has 14 heavy (non-hydrogen) atoms. The Morgan fingerprint density at radius 2 is 2.07 bits per heavy atom. The molecule has 0 aliphatic carbocycles. The summed E-state index contributed by atoms with van der Waals surface area (Å²) >= 11 is 4.89. The van der Waals surface area contributed by atoms with Crippen molar-refractivity contribution < 1.29 is 0 Å². The smallest absolute Gasteiger partial charge is 0.0740 e. The molecule has 0 spiro atoms. The fourth-order valence-electron chi connectivity index (χ4n) is 1.97. The predicted molar refractivity (Wildman–Crippen MR) is 65.5 cm³/mol. The second-order valence-corrected chi connectivity index (χ2v) is 5.60. The summed E-state index contributed by atoms with van der Waals surface area (Å²) in [5.74, 6) is 0. The van der Waals surface area contributed by atoms with Crippen LogP contribution in [0.5, 0.6) is 0 Å². The Morgan fingerprint density at radius 3 is 2.71 bits per heavy atom. The minimum Gasteiger partial charge on any atom is -0.393 e. The molecule has 2 nitrogen and oxygen atoms in total. The van der Waals surface area contributed by atoms with Gasteiger partial charge >= 0.3 is 0 Å². The molecule has 0 amide bonds. The van der Waals surface area contributed by atoms with E-state index in [-0.39, 0.29) is 0 Å². The van der Waals surface area contributed by atoms with E-state index < -0.39 is 0 Å². The van der Waals surface area contributed by atoms with Crippen LogP contribution < -0.4 is 5.73 Å². The zero-order chi connectivity index (χ0) is 10.6. The van der Waals surface area contributed by atoms with Crippen LogP contribution in [0.3, 0.4) is 0 Å². The van der Waals surface area contributed by atoms with Crippen LogP contribution in [0.25, 0.3) is 0 Å². The van der Waals surface area contributed by atoms with Crippen molar-refractivity contribution >= 4 is 17.2 Å². The van der Waals surface area contributed by atoms with Crippen LogP contribution in [-0.2, 0) is 0 Å². The lowest BCUT2D eigenvalue weighted by Crippen LogP contribution is -2.29. The third-order valence-corrected chi connectivity index (χ3v) is 3.31. The Morgan fingerprint density at radius 1 is 1.36 bits per heavy atom. The molecule has 1 rings (SSSR count). The maximum Gasteiger partial charge on any atom is 0.0740 e. The second kappa shape index (κ2) is 5.08. The highest BCUT2D eigenvalue weighted by Gasteiger charge is 2.22. The van der Waals surface area contributed by atoms with Crippen LogP contribution in [0.4, 0.5) is 0 Å². The van der Waals surface area contributed by atoms with Crippen molar-refractivity contribution in [3.63, 3.8) is 0 Å². The molecule has 1 saturated heterocycles. The number of likely N-dealkylation sites (tertiary alicyclic amines) is 1. The molecule has 0 radical (unpaired) electrons. The third kappa shape index (κ3) is 4.38. The Labute approximate surface area is 92.8 Å². The van der Waals surface area contributed by atoms with Crippen molar-refractivity contribution in [1.29, 1.82) is 0 Å². The summed E-state index contributed by atoms with van der Waals surface area (Å²) in [6.07, 6.45) is 4.82. The topological polar surface area (TPSA) is 29.3 Å². The fourth-order valence-corrected chi connectivity index (χ4v) is 2.06. The standard InChI is InChI=1S/C11H22N2S/c1-11(2)5-3-7-13(9-6-11)8-4-10(12)14/h3-9H2,1-2H3,(H2,12,14). The zero-order valence-electron chi connectivity index (χ0n) is 9.38. The lowest BCUT2D eigenvalue weighted by atomic mass is 9.85. The number of nitrogens with two attached hydrogens (primary N) is 1. The van der Waals surface area contributed by atoms with Gasteiger partial charge in [0.25, 0.3) is 0 Å². The van der Waals surface area contributed by atoms with E-state index in [9.17, 15) is 0 Å². The average molecular weight is 214 g/mol. The summed E-state index contributed by atoms with van der Waals surface area (Å²) in [7, 11) is 0. The molecule has 1 fully saturated rings. The largest absolute Gasteiger partial charge is 0.393 e. The van der Waals surface area contributed by atoms with Gasteiger partial charge in [-0.1, -0.05) is 26.1 Å². The van der Waals surface area contributed by atoms with Gasteiger partial charge in [0.1, 0.15) is 0 Å². The highest BCUT2D eigenvalue weighted by molar-refractivity contribution is 7.80. The molecule has 0 aromatic rings. The molecule has 0 saturated carbocycles. The van der Waals surface area contributed by atoms with Crippen molar-refractivity contribution in [2.24, 2.45) is 11.1 Å². The summed E-state index contributed by atoms with van der Waals surface area (Å²) in [5.41, 5.74) is 6.03. The van der Waals surface area contributed by atoms with E-state index in [0.717, 1.165) is 13.0 Å². The number of rotatable bonds is 3. The molecule has 0 aromatic carbocycles. The van der Waals surface area contributed by atoms with Gasteiger partial charge in [-0.15, -0.1) is 0 Å². The second-order valence-electron chi connectivity index (χ2n) is 5.08. The van der Waals surface area contributed by atoms with Gasteiger partial charge < -0.3 is 10.6 Å². The Kier molecular flexibility index (Phi) is 4.32. The van der Waals surface area contributed by atoms with Gasteiger partial charge in [-0.05, 0) is 37.8 Å². The Bertz CT molecular complexity index is 201. The highest BCUT2D eigenvalue weighted by Crippen LogP contribution is 2.29. The minimum absolute atomic E-state index is 0.526. The van der Waals surface area contributed by atoms with Crippen molar-refractivity contribution in [2.45, 2.75) is 39.5 Å². The molecule has 1 heterocycles. The van der Waals surface area contributed by atoms with E-state index in [1.165, 1.54) is 32.4 Å². The van der Waals surface area contributed by atoms with Crippen LogP contribution in [0.1, 0.15) is 39.5 Å². The van der Waals surface area contributed by atoms with Crippen molar-refractivity contribution in [1.82, 2.24) is 4.90 Å². The zero-order valence-corrected chi connectivity index (χ0v) is 10.2. The number of hydrogen-bond donors (Lipinski definition) is 1. The van der Waals surface area contributed by atoms with Gasteiger partial charge in [0.15, 0.2) is 0 Å². The first-order chi connectivity index (χ1) is 6.49. The maximum absolute atomic E-state index is 5.51. The molecule has 3 heteroatoms. The fraction of sp³-hybridized carbons (Fsp3) is 0.909. The normalized spacial score (nSPS) is 23.0. The van der Waals surface area contributed by atoms with Crippen molar-refractivity contribution in [3.05, 3.63) is 0 Å². The van der Waals surface area contributed by atoms with Gasteiger partial charge in [-0.2, -0.15) is 0 Å². The Balaban J connectivity index is 2.31. The van der Waals surface area contributed by atoms with E-state index in [1.54, 1.807) is 0 Å². The average Bonchev–Trinajstić information content (AvgIpc) is 2.23. The van der Waals surface area contributed by atoms with E-state index >= 15 is 0 Å². The molecule has 82 valence electrons. The SMILES string of the molecule is CC1(C)CCCN(CCC(N)=S)CC1. The summed E-state index contributed by atoms with van der Waals surface area (Å²) in [6.45, 7) is 8.20. The van der Waals surface area contributed by atoms with Crippen LogP contribution in [0.15, 0.2) is 0 Å². The third-order valence-electron chi connectivity index (χ3n) is 3.11. The molecular formula is C11H22N2S. The first kappa shape index (κ1) is 11.9. The molecule has 0 unspecified atom stereocenters. The van der Waals surface area contributed by atoms with Gasteiger partial charge in [0.05, 0.1) is 4.99 Å². The Hall–Kier alpha value is -0.150. The summed E-state index contributed by atoms with van der Waals surface area (Å²) in [6, 6.07) is 0. The predicted octanol–water partition coefficient (Wildman–Crippen LogP) is 2.17. The molecule has 2 N–H and O–H groups in total. The summed E-state index contributed by atoms with van der Waals surface area (Å²) in [4.78, 5) is 3.14. The van der Waals surface area contributed by atoms with Crippen molar-refractivity contribution in [3.8, 4) is 0 Å². The van der Waals surface area contributed by atoms with Crippen LogP contribution in [0.2, 0.25) is 0 Å². The van der Waals surface area contributed by atoms with Gasteiger partial charge in [-0.3, -0.25) is 0 Å². The first-order valence-corrected chi connectivity index (χ1v) is 5.91. The molecule has 0 atom stereocenters. The molecule has 1 aliphatic rings. The quantitative estimate of drug-likeness (QED) is 0.730.